The summed E-state index contributed by atoms with van der Waals surface area (Å²) in [4.78, 5) is 9.68. The van der Waals surface area contributed by atoms with Crippen LogP contribution in [0.4, 0.5) is 0 Å². The van der Waals surface area contributed by atoms with Gasteiger partial charge >= 0.3 is 0 Å². The van der Waals surface area contributed by atoms with Crippen LogP contribution in [0.5, 0.6) is 11.6 Å². The molecule has 2 aromatic heterocycles. The van der Waals surface area contributed by atoms with Gasteiger partial charge in [0.2, 0.25) is 5.88 Å². The van der Waals surface area contributed by atoms with E-state index in [1.807, 2.05) is 54.7 Å². The van der Waals surface area contributed by atoms with Gasteiger partial charge in [0.05, 0.1) is 11.4 Å². The van der Waals surface area contributed by atoms with Crippen LogP contribution >= 0.6 is 0 Å². The van der Waals surface area contributed by atoms with Gasteiger partial charge in [0.15, 0.2) is 5.65 Å². The van der Waals surface area contributed by atoms with Crippen molar-refractivity contribution in [2.45, 2.75) is 19.3 Å². The van der Waals surface area contributed by atoms with Gasteiger partial charge in [-0.25, -0.2) is 9.97 Å². The summed E-state index contributed by atoms with van der Waals surface area (Å²) in [5.41, 5.74) is 6.02. The third kappa shape index (κ3) is 4.05. The van der Waals surface area contributed by atoms with Crippen LogP contribution in [0.3, 0.4) is 0 Å². The second-order valence-electron chi connectivity index (χ2n) is 7.84. The van der Waals surface area contributed by atoms with Gasteiger partial charge in [0.1, 0.15) is 11.4 Å². The van der Waals surface area contributed by atoms with E-state index in [4.69, 9.17) is 9.97 Å². The summed E-state index contributed by atoms with van der Waals surface area (Å²) in [5.74, 6) is 0.348. The highest BCUT2D eigenvalue weighted by Crippen LogP contribution is 2.28. The molecule has 0 aliphatic rings. The predicted molar refractivity (Wildman–Crippen MR) is 125 cm³/mol. The normalized spacial score (nSPS) is 11.1. The minimum atomic E-state index is 0.146. The van der Waals surface area contributed by atoms with E-state index >= 15 is 0 Å². The molecule has 5 rings (SSSR count). The van der Waals surface area contributed by atoms with Crippen molar-refractivity contribution in [3.63, 3.8) is 0 Å². The number of phenols is 1. The van der Waals surface area contributed by atoms with Crippen molar-refractivity contribution in [3.8, 4) is 22.9 Å². The van der Waals surface area contributed by atoms with Gasteiger partial charge in [-0.05, 0) is 48.2 Å². The number of hydrogen-bond acceptors (Lipinski definition) is 4. The summed E-state index contributed by atoms with van der Waals surface area (Å²) in [6.07, 6.45) is 3.84. The van der Waals surface area contributed by atoms with E-state index in [9.17, 15) is 10.2 Å². The summed E-state index contributed by atoms with van der Waals surface area (Å²) in [6, 6.07) is 27.2. The Kier molecular flexibility index (Phi) is 5.30. The van der Waals surface area contributed by atoms with Crippen molar-refractivity contribution in [1.29, 1.82) is 0 Å². The molecule has 0 bridgehead atoms. The fourth-order valence-corrected chi connectivity index (χ4v) is 3.90. The lowest BCUT2D eigenvalue weighted by Gasteiger charge is -2.08. The first kappa shape index (κ1) is 19.8. The number of nitrogens with zero attached hydrogens (tertiary/aromatic N) is 3. The summed E-state index contributed by atoms with van der Waals surface area (Å²) >= 11 is 0. The minimum Gasteiger partial charge on any atom is -0.508 e. The van der Waals surface area contributed by atoms with Gasteiger partial charge in [0, 0.05) is 18.2 Å². The van der Waals surface area contributed by atoms with Gasteiger partial charge in [0.25, 0.3) is 0 Å². The zero-order valence-corrected chi connectivity index (χ0v) is 17.5. The lowest BCUT2D eigenvalue weighted by atomic mass is 10.1. The molecule has 0 aliphatic carbocycles. The molecule has 158 valence electrons. The maximum absolute atomic E-state index is 11.0. The molecule has 0 spiro atoms. The van der Waals surface area contributed by atoms with E-state index in [2.05, 4.69) is 24.3 Å². The quantitative estimate of drug-likeness (QED) is 0.396. The molecular weight excluding hydrogens is 398 g/mol. The van der Waals surface area contributed by atoms with Crippen molar-refractivity contribution in [2.75, 3.05) is 0 Å². The number of hydrogen-bond donors (Lipinski definition) is 2. The predicted octanol–water partition coefficient (Wildman–Crippen LogP) is 5.18. The molecule has 0 amide bonds. The fraction of sp³-hybridized carbons (Fsp3) is 0.111. The number of phenolic OH excluding ortho intramolecular Hbond substituents is 1. The van der Waals surface area contributed by atoms with E-state index in [1.165, 1.54) is 5.56 Å². The summed E-state index contributed by atoms with van der Waals surface area (Å²) in [7, 11) is 0. The smallest absolute Gasteiger partial charge is 0.219 e. The van der Waals surface area contributed by atoms with Crippen LogP contribution in [0.25, 0.3) is 16.9 Å². The first-order chi connectivity index (χ1) is 15.7. The SMILES string of the molecule is Oc1ccc(-c2cn3c(O)c(CCc4ccccc4)nc3c(Cc3ccccc3)n2)cc1. The Hall–Kier alpha value is -4.12. The number of rotatable bonds is 6. The van der Waals surface area contributed by atoms with Gasteiger partial charge < -0.3 is 10.2 Å². The van der Waals surface area contributed by atoms with Gasteiger partial charge in [-0.15, -0.1) is 0 Å². The Morgan fingerprint density at radius 1 is 0.656 bits per heavy atom. The van der Waals surface area contributed by atoms with Crippen LogP contribution in [0.2, 0.25) is 0 Å². The first-order valence-electron chi connectivity index (χ1n) is 10.6. The van der Waals surface area contributed by atoms with Crippen LogP contribution in [0.15, 0.2) is 91.1 Å². The molecule has 5 aromatic rings. The molecule has 0 atom stereocenters. The Balaban J connectivity index is 1.58. The largest absolute Gasteiger partial charge is 0.508 e. The Bertz CT molecular complexity index is 1350. The van der Waals surface area contributed by atoms with Crippen LogP contribution < -0.4 is 0 Å². The highest BCUT2D eigenvalue weighted by atomic mass is 16.3. The second-order valence-corrected chi connectivity index (χ2v) is 7.84. The monoisotopic (exact) mass is 421 g/mol. The summed E-state index contributed by atoms with van der Waals surface area (Å²) in [6.45, 7) is 0. The van der Waals surface area contributed by atoms with Crippen molar-refractivity contribution in [3.05, 3.63) is 114 Å². The Labute approximate surface area is 186 Å². The van der Waals surface area contributed by atoms with Gasteiger partial charge in [-0.1, -0.05) is 60.7 Å². The second kappa shape index (κ2) is 8.55. The topological polar surface area (TPSA) is 70.7 Å². The first-order valence-corrected chi connectivity index (χ1v) is 10.6. The molecule has 0 saturated carbocycles. The zero-order chi connectivity index (χ0) is 21.9. The highest BCUT2D eigenvalue weighted by Gasteiger charge is 2.17. The molecule has 2 N–H and O–H groups in total. The van der Waals surface area contributed by atoms with E-state index < -0.39 is 0 Å². The number of aromatic nitrogens is 3. The molecule has 2 heterocycles. The van der Waals surface area contributed by atoms with E-state index in [0.29, 0.717) is 29.9 Å². The van der Waals surface area contributed by atoms with Crippen LogP contribution in [0.1, 0.15) is 22.5 Å². The van der Waals surface area contributed by atoms with Crippen LogP contribution in [0, 0.1) is 0 Å². The fourth-order valence-electron chi connectivity index (χ4n) is 3.90. The molecule has 3 aromatic carbocycles. The highest BCUT2D eigenvalue weighted by molar-refractivity contribution is 5.63. The van der Waals surface area contributed by atoms with E-state index in [-0.39, 0.29) is 11.6 Å². The van der Waals surface area contributed by atoms with Crippen molar-refractivity contribution in [1.82, 2.24) is 14.4 Å². The number of imidazole rings is 1. The minimum absolute atomic E-state index is 0.146. The van der Waals surface area contributed by atoms with E-state index in [1.54, 1.807) is 16.5 Å². The lowest BCUT2D eigenvalue weighted by Crippen LogP contribution is -2.00. The molecule has 32 heavy (non-hydrogen) atoms. The van der Waals surface area contributed by atoms with Gasteiger partial charge in [-0.2, -0.15) is 0 Å². The molecule has 0 fully saturated rings. The average molecular weight is 422 g/mol. The average Bonchev–Trinajstić information content (AvgIpc) is 3.15. The van der Waals surface area contributed by atoms with Crippen LogP contribution in [-0.4, -0.2) is 24.6 Å². The van der Waals surface area contributed by atoms with Crippen LogP contribution in [-0.2, 0) is 19.3 Å². The van der Waals surface area contributed by atoms with Crippen molar-refractivity contribution >= 4 is 5.65 Å². The number of aromatic hydroxyl groups is 2. The Morgan fingerprint density at radius 3 is 2.00 bits per heavy atom. The van der Waals surface area contributed by atoms with Crippen molar-refractivity contribution < 1.29 is 10.2 Å². The molecule has 5 nitrogen and oxygen atoms in total. The molecule has 0 unspecified atom stereocenters. The molecule has 0 radical (unpaired) electrons. The lowest BCUT2D eigenvalue weighted by molar-refractivity contribution is 0.440. The zero-order valence-electron chi connectivity index (χ0n) is 17.5. The maximum atomic E-state index is 11.0. The maximum Gasteiger partial charge on any atom is 0.219 e. The van der Waals surface area contributed by atoms with Gasteiger partial charge in [-0.3, -0.25) is 4.40 Å². The standard InChI is InChI=1S/C27H23N3O2/c31-22-14-12-21(13-15-22)25-18-30-26(24(28-25)17-20-9-5-2-6-10-20)29-23(27(30)32)16-11-19-7-3-1-4-8-19/h1-10,12-15,18,31-32H,11,16-17H2. The third-order valence-electron chi connectivity index (χ3n) is 5.59. The van der Waals surface area contributed by atoms with Crippen molar-refractivity contribution in [2.24, 2.45) is 0 Å². The third-order valence-corrected chi connectivity index (χ3v) is 5.59. The number of benzene rings is 3. The summed E-state index contributed by atoms with van der Waals surface area (Å²) in [5, 5.41) is 20.7. The summed E-state index contributed by atoms with van der Waals surface area (Å²) < 4.78 is 1.73. The molecule has 5 heteroatoms. The number of aryl methyl sites for hydroxylation is 2. The van der Waals surface area contributed by atoms with E-state index in [0.717, 1.165) is 23.2 Å². The molecule has 0 saturated heterocycles. The molecule has 0 aliphatic heterocycles. The Morgan fingerprint density at radius 2 is 1.31 bits per heavy atom. The molecular formula is C27H23N3O2. The number of fused-ring (bicyclic) bond motifs is 1.